The summed E-state index contributed by atoms with van der Waals surface area (Å²) >= 11 is 0. The van der Waals surface area contributed by atoms with Gasteiger partial charge in [0.25, 0.3) is 0 Å². The molecule has 1 fully saturated rings. The van der Waals surface area contributed by atoms with Crippen molar-refractivity contribution in [3.05, 3.63) is 31.0 Å². The number of nitrogens with zero attached hydrogens (tertiary/aromatic N) is 4. The summed E-state index contributed by atoms with van der Waals surface area (Å²) in [5, 5.41) is 3.75. The van der Waals surface area contributed by atoms with E-state index in [1.54, 1.807) is 12.7 Å². The number of piperidine rings is 1. The molecule has 118 valence electrons. The number of rotatable bonds is 3. The Hall–Kier alpha value is -1.75. The maximum atomic E-state index is 4.28. The van der Waals surface area contributed by atoms with Crippen molar-refractivity contribution in [2.75, 3.05) is 0 Å². The quantitative estimate of drug-likeness (QED) is 0.947. The average Bonchev–Trinajstić information content (AvgIpc) is 2.84. The molecule has 1 aliphatic heterocycles. The Balaban J connectivity index is 1.81. The molecule has 0 amide bonds. The molecule has 1 aliphatic rings. The summed E-state index contributed by atoms with van der Waals surface area (Å²) in [6, 6.07) is 4.14. The molecule has 0 unspecified atom stereocenters. The van der Waals surface area contributed by atoms with Crippen molar-refractivity contribution >= 4 is 0 Å². The second kappa shape index (κ2) is 5.47. The first kappa shape index (κ1) is 15.2. The molecule has 0 aliphatic carbocycles. The predicted octanol–water partition coefficient (Wildman–Crippen LogP) is 2.90. The van der Waals surface area contributed by atoms with Crippen molar-refractivity contribution in [3.63, 3.8) is 0 Å². The van der Waals surface area contributed by atoms with Crippen molar-refractivity contribution in [3.8, 4) is 11.5 Å². The normalized spacial score (nSPS) is 20.9. The van der Waals surface area contributed by atoms with Gasteiger partial charge >= 0.3 is 0 Å². The van der Waals surface area contributed by atoms with Gasteiger partial charge in [0.2, 0.25) is 0 Å². The lowest BCUT2D eigenvalue weighted by Crippen LogP contribution is -2.58. The fraction of sp³-hybridized carbons (Fsp3) is 0.588. The summed E-state index contributed by atoms with van der Waals surface area (Å²) in [6.45, 7) is 10.2. The van der Waals surface area contributed by atoms with Gasteiger partial charge in [-0.3, -0.25) is 0 Å². The summed E-state index contributed by atoms with van der Waals surface area (Å²) in [6.07, 6.45) is 7.57. The Bertz CT molecular complexity index is 614. The monoisotopic (exact) mass is 299 g/mol. The van der Waals surface area contributed by atoms with Gasteiger partial charge in [-0.05, 0) is 58.6 Å². The van der Waals surface area contributed by atoms with Crippen LogP contribution in [0.5, 0.6) is 0 Å². The second-order valence-corrected chi connectivity index (χ2v) is 7.67. The Morgan fingerprint density at radius 3 is 2.41 bits per heavy atom. The first-order valence-electron chi connectivity index (χ1n) is 7.92. The molecule has 3 rings (SSSR count). The van der Waals surface area contributed by atoms with Crippen LogP contribution in [0.25, 0.3) is 11.5 Å². The van der Waals surface area contributed by atoms with Crippen LogP contribution in [-0.4, -0.2) is 30.6 Å². The van der Waals surface area contributed by atoms with Crippen molar-refractivity contribution in [1.29, 1.82) is 0 Å². The average molecular weight is 299 g/mol. The van der Waals surface area contributed by atoms with E-state index in [0.717, 1.165) is 18.1 Å². The van der Waals surface area contributed by atoms with E-state index in [4.69, 9.17) is 0 Å². The summed E-state index contributed by atoms with van der Waals surface area (Å²) in [5.41, 5.74) is 1.41. The van der Waals surface area contributed by atoms with Crippen molar-refractivity contribution in [2.45, 2.75) is 58.2 Å². The van der Waals surface area contributed by atoms with Crippen LogP contribution < -0.4 is 5.32 Å². The van der Waals surface area contributed by atoms with Crippen molar-refractivity contribution in [2.24, 2.45) is 5.92 Å². The highest BCUT2D eigenvalue weighted by atomic mass is 15.1. The number of hydrogen-bond donors (Lipinski definition) is 1. The molecule has 0 radical (unpaired) electrons. The molecule has 0 saturated carbocycles. The van der Waals surface area contributed by atoms with Gasteiger partial charge < -0.3 is 9.88 Å². The maximum absolute atomic E-state index is 4.28. The fourth-order valence-corrected chi connectivity index (χ4v) is 4.09. The summed E-state index contributed by atoms with van der Waals surface area (Å²) < 4.78 is 2.28. The predicted molar refractivity (Wildman–Crippen MR) is 87.3 cm³/mol. The van der Waals surface area contributed by atoms with Crippen molar-refractivity contribution < 1.29 is 0 Å². The van der Waals surface area contributed by atoms with Gasteiger partial charge in [-0.25, -0.2) is 15.0 Å². The van der Waals surface area contributed by atoms with Crippen LogP contribution in [-0.2, 0) is 6.54 Å². The molecule has 0 atom stereocenters. The van der Waals surface area contributed by atoms with E-state index < -0.39 is 0 Å². The molecular weight excluding hydrogens is 274 g/mol. The van der Waals surface area contributed by atoms with Gasteiger partial charge in [-0.2, -0.15) is 0 Å². The lowest BCUT2D eigenvalue weighted by molar-refractivity contribution is 0.119. The zero-order valence-electron chi connectivity index (χ0n) is 13.9. The fourth-order valence-electron chi connectivity index (χ4n) is 4.09. The van der Waals surface area contributed by atoms with Gasteiger partial charge in [0, 0.05) is 23.8 Å². The van der Waals surface area contributed by atoms with Gasteiger partial charge in [0.15, 0.2) is 5.82 Å². The van der Waals surface area contributed by atoms with Crippen LogP contribution in [0.3, 0.4) is 0 Å². The Morgan fingerprint density at radius 1 is 1.14 bits per heavy atom. The van der Waals surface area contributed by atoms with Gasteiger partial charge in [0.05, 0.1) is 5.69 Å². The topological polar surface area (TPSA) is 55.6 Å². The molecule has 0 spiro atoms. The van der Waals surface area contributed by atoms with Crippen LogP contribution in [0.2, 0.25) is 0 Å². The first-order valence-corrected chi connectivity index (χ1v) is 7.92. The first-order chi connectivity index (χ1) is 10.3. The van der Waals surface area contributed by atoms with Gasteiger partial charge in [-0.15, -0.1) is 0 Å². The minimum absolute atomic E-state index is 0.174. The zero-order chi connectivity index (χ0) is 15.8. The number of hydrogen-bond acceptors (Lipinski definition) is 4. The third-order valence-corrected chi connectivity index (χ3v) is 4.28. The smallest absolute Gasteiger partial charge is 0.179 e. The molecule has 0 bridgehead atoms. The van der Waals surface area contributed by atoms with Gasteiger partial charge in [0.1, 0.15) is 12.7 Å². The van der Waals surface area contributed by atoms with E-state index in [0.29, 0.717) is 5.92 Å². The lowest BCUT2D eigenvalue weighted by Gasteiger charge is -2.46. The highest BCUT2D eigenvalue weighted by Gasteiger charge is 2.37. The van der Waals surface area contributed by atoms with E-state index >= 15 is 0 Å². The molecular formula is C17H25N5. The molecule has 2 aromatic rings. The summed E-state index contributed by atoms with van der Waals surface area (Å²) in [5.74, 6) is 1.38. The standard InChI is InChI=1S/C17H25N5/c1-16(2)8-13(9-17(3,4)21-16)10-22-7-5-6-14(22)15-19-11-18-12-20-15/h5-7,11-13,21H,8-10H2,1-4H3. The van der Waals surface area contributed by atoms with Crippen LogP contribution in [0, 0.1) is 5.92 Å². The number of aromatic nitrogens is 4. The van der Waals surface area contributed by atoms with E-state index in [1.807, 2.05) is 0 Å². The summed E-state index contributed by atoms with van der Waals surface area (Å²) in [7, 11) is 0. The second-order valence-electron chi connectivity index (χ2n) is 7.67. The third kappa shape index (κ3) is 3.35. The minimum atomic E-state index is 0.174. The Morgan fingerprint density at radius 2 is 1.77 bits per heavy atom. The molecule has 2 aromatic heterocycles. The van der Waals surface area contributed by atoms with Gasteiger partial charge in [-0.1, -0.05) is 0 Å². The van der Waals surface area contributed by atoms with Crippen LogP contribution in [0.15, 0.2) is 31.0 Å². The molecule has 1 saturated heterocycles. The maximum Gasteiger partial charge on any atom is 0.179 e. The summed E-state index contributed by atoms with van der Waals surface area (Å²) in [4.78, 5) is 12.5. The molecule has 3 heterocycles. The van der Waals surface area contributed by atoms with E-state index in [1.165, 1.54) is 12.8 Å². The van der Waals surface area contributed by atoms with Crippen LogP contribution in [0.4, 0.5) is 0 Å². The Kier molecular flexibility index (Phi) is 3.77. The Labute approximate surface area is 132 Å². The third-order valence-electron chi connectivity index (χ3n) is 4.28. The zero-order valence-corrected chi connectivity index (χ0v) is 13.9. The number of nitrogens with one attached hydrogen (secondary N) is 1. The lowest BCUT2D eigenvalue weighted by atomic mass is 9.76. The minimum Gasteiger partial charge on any atom is -0.345 e. The van der Waals surface area contributed by atoms with Crippen molar-refractivity contribution in [1.82, 2.24) is 24.8 Å². The van der Waals surface area contributed by atoms with Crippen LogP contribution in [0.1, 0.15) is 40.5 Å². The largest absolute Gasteiger partial charge is 0.345 e. The van der Waals surface area contributed by atoms with E-state index in [-0.39, 0.29) is 11.1 Å². The molecule has 0 aromatic carbocycles. The SMILES string of the molecule is CC1(C)CC(Cn2cccc2-c2ncncn2)CC(C)(C)N1. The molecule has 1 N–H and O–H groups in total. The van der Waals surface area contributed by atoms with E-state index in [9.17, 15) is 0 Å². The highest BCUT2D eigenvalue weighted by molar-refractivity contribution is 5.49. The van der Waals surface area contributed by atoms with Crippen LogP contribution >= 0.6 is 0 Å². The molecule has 22 heavy (non-hydrogen) atoms. The molecule has 5 heteroatoms. The van der Waals surface area contributed by atoms with E-state index in [2.05, 4.69) is 70.9 Å². The molecule has 5 nitrogen and oxygen atoms in total. The highest BCUT2D eigenvalue weighted by Crippen LogP contribution is 2.34.